The highest BCUT2D eigenvalue weighted by atomic mass is 79.9. The molecular formula is C12H9BrClN3O3. The van der Waals surface area contributed by atoms with Crippen LogP contribution in [0.4, 0.5) is 5.69 Å². The zero-order valence-corrected chi connectivity index (χ0v) is 12.3. The van der Waals surface area contributed by atoms with Crippen molar-refractivity contribution >= 4 is 45.1 Å². The Hall–Kier alpha value is -1.86. The van der Waals surface area contributed by atoms with E-state index in [0.717, 1.165) is 4.47 Å². The molecule has 0 aliphatic heterocycles. The molecule has 1 amide bonds. The highest BCUT2D eigenvalue weighted by Crippen LogP contribution is 2.23. The molecule has 20 heavy (non-hydrogen) atoms. The van der Waals surface area contributed by atoms with Crippen molar-refractivity contribution in [2.45, 2.75) is 6.54 Å². The lowest BCUT2D eigenvalue weighted by atomic mass is 10.2. The van der Waals surface area contributed by atoms with Gasteiger partial charge < -0.3 is 10.4 Å². The van der Waals surface area contributed by atoms with Gasteiger partial charge in [-0.2, -0.15) is 5.10 Å². The molecular weight excluding hydrogens is 350 g/mol. The number of aromatic nitrogens is 2. The first kappa shape index (κ1) is 14.5. The predicted molar refractivity (Wildman–Crippen MR) is 77.0 cm³/mol. The summed E-state index contributed by atoms with van der Waals surface area (Å²) >= 11 is 9.14. The summed E-state index contributed by atoms with van der Waals surface area (Å²) in [6, 6.07) is 4.09. The third kappa shape index (κ3) is 3.58. The number of carboxylic acids is 1. The number of anilines is 1. The van der Waals surface area contributed by atoms with Gasteiger partial charge in [0.25, 0.3) is 0 Å². The monoisotopic (exact) mass is 357 g/mol. The van der Waals surface area contributed by atoms with Gasteiger partial charge in [-0.3, -0.25) is 9.48 Å². The van der Waals surface area contributed by atoms with Crippen molar-refractivity contribution in [2.75, 3.05) is 5.32 Å². The largest absolute Gasteiger partial charge is 0.478 e. The molecule has 1 aromatic carbocycles. The first-order valence-corrected chi connectivity index (χ1v) is 6.63. The predicted octanol–water partition coefficient (Wildman–Crippen LogP) is 2.64. The number of carboxylic acid groups (broad SMARTS) is 1. The number of carbonyl (C=O) groups excluding carboxylic acids is 1. The molecule has 2 rings (SSSR count). The number of nitrogens with one attached hydrogen (secondary N) is 1. The summed E-state index contributed by atoms with van der Waals surface area (Å²) in [5.41, 5.74) is 0.300. The van der Waals surface area contributed by atoms with Gasteiger partial charge in [-0.05, 0) is 34.1 Å². The quantitative estimate of drug-likeness (QED) is 0.880. The van der Waals surface area contributed by atoms with Crippen molar-refractivity contribution < 1.29 is 14.7 Å². The van der Waals surface area contributed by atoms with Crippen LogP contribution in [0.15, 0.2) is 35.1 Å². The van der Waals surface area contributed by atoms with E-state index in [1.165, 1.54) is 22.9 Å². The maximum Gasteiger partial charge on any atom is 0.335 e. The Kier molecular flexibility index (Phi) is 4.41. The molecule has 0 spiro atoms. The average molecular weight is 359 g/mol. The van der Waals surface area contributed by atoms with Crippen molar-refractivity contribution in [3.63, 3.8) is 0 Å². The normalized spacial score (nSPS) is 10.3. The van der Waals surface area contributed by atoms with Crippen molar-refractivity contribution in [3.05, 3.63) is 45.7 Å². The molecule has 2 N–H and O–H groups in total. The molecule has 0 radical (unpaired) electrons. The summed E-state index contributed by atoms with van der Waals surface area (Å²) in [5.74, 6) is -1.45. The second-order valence-electron chi connectivity index (χ2n) is 3.90. The number of carbonyl (C=O) groups is 2. The van der Waals surface area contributed by atoms with Gasteiger partial charge in [-0.25, -0.2) is 4.79 Å². The summed E-state index contributed by atoms with van der Waals surface area (Å²) in [5, 5.41) is 15.7. The fraction of sp³-hybridized carbons (Fsp3) is 0.0833. The van der Waals surface area contributed by atoms with E-state index in [4.69, 9.17) is 16.7 Å². The summed E-state index contributed by atoms with van der Waals surface area (Å²) < 4.78 is 2.20. The SMILES string of the molecule is O=C(Cn1cc(Br)cn1)Nc1cc(C(=O)O)ccc1Cl. The van der Waals surface area contributed by atoms with Crippen LogP contribution in [-0.4, -0.2) is 26.8 Å². The van der Waals surface area contributed by atoms with Crippen LogP contribution in [0.3, 0.4) is 0 Å². The van der Waals surface area contributed by atoms with Crippen molar-refractivity contribution in [2.24, 2.45) is 0 Å². The van der Waals surface area contributed by atoms with Gasteiger partial charge in [0.1, 0.15) is 6.54 Å². The molecule has 1 heterocycles. The fourth-order valence-corrected chi connectivity index (χ4v) is 2.01. The summed E-state index contributed by atoms with van der Waals surface area (Å²) in [6.45, 7) is -0.000766. The lowest BCUT2D eigenvalue weighted by molar-refractivity contribution is -0.116. The molecule has 0 saturated carbocycles. The second-order valence-corrected chi connectivity index (χ2v) is 5.23. The number of hydrogen-bond donors (Lipinski definition) is 2. The Bertz CT molecular complexity index is 672. The van der Waals surface area contributed by atoms with Crippen LogP contribution in [0.25, 0.3) is 0 Å². The van der Waals surface area contributed by atoms with E-state index >= 15 is 0 Å². The van der Waals surface area contributed by atoms with Gasteiger partial charge in [0.05, 0.1) is 26.9 Å². The number of amides is 1. The van der Waals surface area contributed by atoms with Crippen LogP contribution >= 0.6 is 27.5 Å². The van der Waals surface area contributed by atoms with Crippen LogP contribution in [0.2, 0.25) is 5.02 Å². The second kappa shape index (κ2) is 6.06. The van der Waals surface area contributed by atoms with E-state index in [1.807, 2.05) is 0 Å². The third-order valence-corrected chi connectivity index (χ3v) is 3.13. The van der Waals surface area contributed by atoms with Crippen molar-refractivity contribution in [1.82, 2.24) is 9.78 Å². The number of halogens is 2. The van der Waals surface area contributed by atoms with Gasteiger partial charge in [-0.1, -0.05) is 11.6 Å². The Balaban J connectivity index is 2.11. The molecule has 0 saturated heterocycles. The molecule has 6 nitrogen and oxygen atoms in total. The van der Waals surface area contributed by atoms with E-state index in [0.29, 0.717) is 0 Å². The van der Waals surface area contributed by atoms with Crippen LogP contribution in [-0.2, 0) is 11.3 Å². The third-order valence-electron chi connectivity index (χ3n) is 2.39. The smallest absolute Gasteiger partial charge is 0.335 e. The summed E-state index contributed by atoms with van der Waals surface area (Å²) in [6.07, 6.45) is 3.21. The number of rotatable bonds is 4. The summed E-state index contributed by atoms with van der Waals surface area (Å²) in [4.78, 5) is 22.7. The first-order valence-electron chi connectivity index (χ1n) is 5.46. The van der Waals surface area contributed by atoms with Crippen LogP contribution in [0.5, 0.6) is 0 Å². The van der Waals surface area contributed by atoms with Crippen LogP contribution < -0.4 is 5.32 Å². The number of benzene rings is 1. The number of nitrogens with zero attached hydrogens (tertiary/aromatic N) is 2. The lowest BCUT2D eigenvalue weighted by Gasteiger charge is -2.08. The minimum atomic E-state index is -1.09. The molecule has 104 valence electrons. The zero-order valence-electron chi connectivity index (χ0n) is 10.0. The van der Waals surface area contributed by atoms with Gasteiger partial charge in [-0.15, -0.1) is 0 Å². The molecule has 0 aliphatic carbocycles. The number of aromatic carboxylic acids is 1. The Morgan fingerprint density at radius 2 is 2.20 bits per heavy atom. The maximum absolute atomic E-state index is 11.8. The topological polar surface area (TPSA) is 84.2 Å². The molecule has 0 fully saturated rings. The highest BCUT2D eigenvalue weighted by Gasteiger charge is 2.11. The maximum atomic E-state index is 11.8. The zero-order chi connectivity index (χ0) is 14.7. The van der Waals surface area contributed by atoms with Gasteiger partial charge in [0, 0.05) is 6.20 Å². The molecule has 0 atom stereocenters. The standard InChI is InChI=1S/C12H9BrClN3O3/c13-8-4-15-17(5-8)6-11(18)16-10-3-7(12(19)20)1-2-9(10)14/h1-5H,6H2,(H,16,18)(H,19,20). The minimum absolute atomic E-state index is 0.000766. The van der Waals surface area contributed by atoms with E-state index < -0.39 is 5.97 Å². The van der Waals surface area contributed by atoms with Gasteiger partial charge in [0.2, 0.25) is 5.91 Å². The molecule has 0 aliphatic rings. The Labute approximate surface area is 127 Å². The van der Waals surface area contributed by atoms with Crippen LogP contribution in [0.1, 0.15) is 10.4 Å². The lowest BCUT2D eigenvalue weighted by Crippen LogP contribution is -2.19. The van der Waals surface area contributed by atoms with Gasteiger partial charge >= 0.3 is 5.97 Å². The minimum Gasteiger partial charge on any atom is -0.478 e. The average Bonchev–Trinajstić information content (AvgIpc) is 2.77. The van der Waals surface area contributed by atoms with E-state index in [2.05, 4.69) is 26.3 Å². The highest BCUT2D eigenvalue weighted by molar-refractivity contribution is 9.10. The van der Waals surface area contributed by atoms with E-state index in [9.17, 15) is 9.59 Å². The molecule has 0 unspecified atom stereocenters. The summed E-state index contributed by atoms with van der Waals surface area (Å²) in [7, 11) is 0. The molecule has 1 aromatic heterocycles. The molecule has 2 aromatic rings. The van der Waals surface area contributed by atoms with Crippen molar-refractivity contribution in [1.29, 1.82) is 0 Å². The first-order chi connectivity index (χ1) is 9.45. The Morgan fingerprint density at radius 3 is 2.80 bits per heavy atom. The van der Waals surface area contributed by atoms with Crippen molar-refractivity contribution in [3.8, 4) is 0 Å². The Morgan fingerprint density at radius 1 is 1.45 bits per heavy atom. The van der Waals surface area contributed by atoms with Crippen LogP contribution in [0, 0.1) is 0 Å². The van der Waals surface area contributed by atoms with Gasteiger partial charge in [0.15, 0.2) is 0 Å². The van der Waals surface area contributed by atoms with E-state index in [-0.39, 0.29) is 28.7 Å². The molecule has 0 bridgehead atoms. The molecule has 8 heteroatoms. The fourth-order valence-electron chi connectivity index (χ4n) is 1.52. The number of hydrogen-bond acceptors (Lipinski definition) is 3. The van der Waals surface area contributed by atoms with E-state index in [1.54, 1.807) is 12.4 Å².